The van der Waals surface area contributed by atoms with Crippen LogP contribution in [0.1, 0.15) is 15.9 Å². The van der Waals surface area contributed by atoms with Gasteiger partial charge >= 0.3 is 0 Å². The van der Waals surface area contributed by atoms with E-state index in [2.05, 4.69) is 27.3 Å². The Morgan fingerprint density at radius 1 is 0.964 bits per heavy atom. The van der Waals surface area contributed by atoms with E-state index in [1.165, 1.54) is 0 Å². The number of hydrogen-bond donors (Lipinski definition) is 1. The molecule has 0 unspecified atom stereocenters. The average molecular weight is 504 g/mol. The Kier molecular flexibility index (Phi) is 5.11. The van der Waals surface area contributed by atoms with Gasteiger partial charge < -0.3 is 4.90 Å². The maximum Gasteiger partial charge on any atom is 0.261 e. The second-order valence-corrected chi connectivity index (χ2v) is 9.40. The first-order valence-corrected chi connectivity index (χ1v) is 11.3. The van der Waals surface area contributed by atoms with Gasteiger partial charge in [0.2, 0.25) is 0 Å². The first-order chi connectivity index (χ1) is 13.4. The zero-order valence-electron chi connectivity index (χ0n) is 14.8. The molecule has 0 aromatic heterocycles. The highest BCUT2D eigenvalue weighted by atomic mass is 127. The highest BCUT2D eigenvalue weighted by Gasteiger charge is 2.27. The second kappa shape index (κ2) is 7.56. The fourth-order valence-corrected chi connectivity index (χ4v) is 4.69. The summed E-state index contributed by atoms with van der Waals surface area (Å²) in [6.07, 6.45) is 0.626. The molecule has 1 amide bonds. The quantitative estimate of drug-likeness (QED) is 0.540. The minimum Gasteiger partial charge on any atom is -0.308 e. The van der Waals surface area contributed by atoms with Crippen LogP contribution in [0.4, 0.5) is 11.4 Å². The number of fused-ring (bicyclic) bond motifs is 1. The number of rotatable bonds is 4. The lowest BCUT2D eigenvalue weighted by Crippen LogP contribution is -2.28. The molecule has 4 rings (SSSR count). The number of amides is 1. The number of carbonyl (C=O) groups is 1. The van der Waals surface area contributed by atoms with Crippen molar-refractivity contribution in [2.24, 2.45) is 0 Å². The minimum atomic E-state index is -3.69. The van der Waals surface area contributed by atoms with Crippen molar-refractivity contribution in [2.45, 2.75) is 11.3 Å². The van der Waals surface area contributed by atoms with Gasteiger partial charge in [0, 0.05) is 27.1 Å². The molecular weight excluding hydrogens is 487 g/mol. The molecule has 7 heteroatoms. The monoisotopic (exact) mass is 504 g/mol. The number of sulfonamides is 1. The maximum absolute atomic E-state index is 12.8. The molecule has 0 fully saturated rings. The molecule has 1 aliphatic rings. The summed E-state index contributed by atoms with van der Waals surface area (Å²) in [5, 5.41) is 0. The molecule has 0 saturated heterocycles. The Morgan fingerprint density at radius 2 is 1.68 bits per heavy atom. The summed E-state index contributed by atoms with van der Waals surface area (Å²) < 4.78 is 29.1. The Labute approximate surface area is 177 Å². The van der Waals surface area contributed by atoms with Crippen LogP contribution in [0.2, 0.25) is 0 Å². The Balaban J connectivity index is 1.59. The van der Waals surface area contributed by atoms with Gasteiger partial charge in [-0.2, -0.15) is 0 Å². The van der Waals surface area contributed by atoms with Crippen molar-refractivity contribution in [3.63, 3.8) is 0 Å². The van der Waals surface area contributed by atoms with E-state index in [4.69, 9.17) is 0 Å². The first-order valence-electron chi connectivity index (χ1n) is 8.72. The third kappa shape index (κ3) is 3.77. The molecule has 28 heavy (non-hydrogen) atoms. The zero-order chi connectivity index (χ0) is 19.7. The molecule has 0 radical (unpaired) electrons. The van der Waals surface area contributed by atoms with E-state index in [0.717, 1.165) is 14.8 Å². The smallest absolute Gasteiger partial charge is 0.261 e. The number of carbonyl (C=O) groups excluding carboxylic acids is 1. The zero-order valence-corrected chi connectivity index (χ0v) is 17.8. The van der Waals surface area contributed by atoms with Crippen molar-refractivity contribution in [3.8, 4) is 0 Å². The molecule has 5 nitrogen and oxygen atoms in total. The molecule has 0 spiro atoms. The lowest BCUT2D eigenvalue weighted by molar-refractivity contribution is 0.0989. The number of nitrogens with zero attached hydrogens (tertiary/aromatic N) is 1. The lowest BCUT2D eigenvalue weighted by Gasteiger charge is -2.18. The van der Waals surface area contributed by atoms with Crippen LogP contribution in [-0.4, -0.2) is 20.9 Å². The van der Waals surface area contributed by atoms with Gasteiger partial charge in [-0.1, -0.05) is 18.2 Å². The summed E-state index contributed by atoms with van der Waals surface area (Å²) in [6.45, 7) is 0.539. The maximum atomic E-state index is 12.8. The first kappa shape index (κ1) is 18.9. The average Bonchev–Trinajstić information content (AvgIpc) is 3.13. The highest BCUT2D eigenvalue weighted by Crippen LogP contribution is 2.32. The van der Waals surface area contributed by atoms with E-state index < -0.39 is 10.0 Å². The Bertz CT molecular complexity index is 1130. The van der Waals surface area contributed by atoms with Crippen LogP contribution >= 0.6 is 22.6 Å². The predicted octanol–water partition coefficient (Wildman–Crippen LogP) is 4.29. The molecular formula is C21H17IN2O3S. The Morgan fingerprint density at radius 3 is 2.39 bits per heavy atom. The van der Waals surface area contributed by atoms with Crippen molar-refractivity contribution in [1.82, 2.24) is 0 Å². The van der Waals surface area contributed by atoms with Gasteiger partial charge in [0.05, 0.1) is 4.90 Å². The highest BCUT2D eigenvalue weighted by molar-refractivity contribution is 14.1. The number of halogens is 1. The van der Waals surface area contributed by atoms with E-state index in [0.29, 0.717) is 24.2 Å². The van der Waals surface area contributed by atoms with E-state index >= 15 is 0 Å². The molecule has 3 aromatic carbocycles. The molecule has 1 aliphatic heterocycles. The molecule has 0 saturated carbocycles. The van der Waals surface area contributed by atoms with Crippen LogP contribution < -0.4 is 9.62 Å². The SMILES string of the molecule is O=C(c1ccccc1)N1CCc2cc(S(=O)(=O)Nc3ccc(I)cc3)ccc21. The van der Waals surface area contributed by atoms with Crippen LogP contribution in [-0.2, 0) is 16.4 Å². The molecule has 0 aliphatic carbocycles. The minimum absolute atomic E-state index is 0.0769. The summed E-state index contributed by atoms with van der Waals surface area (Å²) in [5.74, 6) is -0.0769. The van der Waals surface area contributed by atoms with Crippen LogP contribution in [0.3, 0.4) is 0 Å². The molecule has 0 bridgehead atoms. The van der Waals surface area contributed by atoms with Gasteiger partial charge in [0.15, 0.2) is 0 Å². The third-order valence-corrected chi connectivity index (χ3v) is 6.72. The van der Waals surface area contributed by atoms with Gasteiger partial charge in [-0.3, -0.25) is 9.52 Å². The third-order valence-electron chi connectivity index (χ3n) is 4.62. The van der Waals surface area contributed by atoms with E-state index in [-0.39, 0.29) is 10.8 Å². The normalized spacial score (nSPS) is 13.2. The Hall–Kier alpha value is -2.39. The molecule has 0 atom stereocenters. The van der Waals surface area contributed by atoms with Crippen molar-refractivity contribution in [1.29, 1.82) is 0 Å². The van der Waals surface area contributed by atoms with Gasteiger partial charge in [0.1, 0.15) is 0 Å². The molecule has 1 N–H and O–H groups in total. The van der Waals surface area contributed by atoms with Gasteiger partial charge in [-0.15, -0.1) is 0 Å². The fourth-order valence-electron chi connectivity index (χ4n) is 3.22. The van der Waals surface area contributed by atoms with Gasteiger partial charge in [-0.05, 0) is 89.2 Å². The predicted molar refractivity (Wildman–Crippen MR) is 118 cm³/mol. The van der Waals surface area contributed by atoms with Crippen LogP contribution in [0, 0.1) is 3.57 Å². The van der Waals surface area contributed by atoms with Crippen LogP contribution in [0.25, 0.3) is 0 Å². The molecule has 142 valence electrons. The van der Waals surface area contributed by atoms with Crippen LogP contribution in [0.5, 0.6) is 0 Å². The summed E-state index contributed by atoms with van der Waals surface area (Å²) in [5.41, 5.74) is 2.76. The van der Waals surface area contributed by atoms with Gasteiger partial charge in [-0.25, -0.2) is 8.42 Å². The summed E-state index contributed by atoms with van der Waals surface area (Å²) in [7, 11) is -3.69. The summed E-state index contributed by atoms with van der Waals surface area (Å²) >= 11 is 2.17. The second-order valence-electron chi connectivity index (χ2n) is 6.48. The van der Waals surface area contributed by atoms with E-state index in [1.54, 1.807) is 47.4 Å². The van der Waals surface area contributed by atoms with Crippen molar-refractivity contribution in [3.05, 3.63) is 87.5 Å². The lowest BCUT2D eigenvalue weighted by atomic mass is 10.1. The van der Waals surface area contributed by atoms with Crippen molar-refractivity contribution >= 4 is 49.9 Å². The molecule has 3 aromatic rings. The summed E-state index contributed by atoms with van der Waals surface area (Å²) in [4.78, 5) is 14.7. The van der Waals surface area contributed by atoms with Crippen LogP contribution in [0.15, 0.2) is 77.7 Å². The van der Waals surface area contributed by atoms with Crippen molar-refractivity contribution in [2.75, 3.05) is 16.2 Å². The largest absolute Gasteiger partial charge is 0.308 e. The van der Waals surface area contributed by atoms with E-state index in [9.17, 15) is 13.2 Å². The van der Waals surface area contributed by atoms with E-state index in [1.807, 2.05) is 30.3 Å². The fraction of sp³-hybridized carbons (Fsp3) is 0.0952. The molecule has 1 heterocycles. The topological polar surface area (TPSA) is 66.5 Å². The number of anilines is 2. The number of hydrogen-bond acceptors (Lipinski definition) is 3. The summed E-state index contributed by atoms with van der Waals surface area (Å²) in [6, 6.07) is 21.1. The number of benzene rings is 3. The number of nitrogens with one attached hydrogen (secondary N) is 1. The van der Waals surface area contributed by atoms with Crippen molar-refractivity contribution < 1.29 is 13.2 Å². The standard InChI is InChI=1S/C21H17IN2O3S/c22-17-6-8-18(9-7-17)23-28(26,27)19-10-11-20-16(14-19)12-13-24(20)21(25)15-4-2-1-3-5-15/h1-11,14,23H,12-13H2. The van der Waals surface area contributed by atoms with Gasteiger partial charge in [0.25, 0.3) is 15.9 Å².